The standard InChI is InChI=1S/C26H28ClN3O2/c1-19(2)26(32)30(18-21-10-12-23(27)13-11-21)24(15-20-7-4-3-5-8-20)25(31)29-17-22-9-6-14-28-16-22/h3-14,16,19,24H,15,17-18H2,1-2H3,(H,29,31)/t24-/m1/s1. The highest BCUT2D eigenvalue weighted by Crippen LogP contribution is 2.19. The topological polar surface area (TPSA) is 62.3 Å². The summed E-state index contributed by atoms with van der Waals surface area (Å²) < 4.78 is 0. The molecule has 3 rings (SSSR count). The van der Waals surface area contributed by atoms with Crippen LogP contribution in [-0.4, -0.2) is 27.7 Å². The summed E-state index contributed by atoms with van der Waals surface area (Å²) in [4.78, 5) is 32.4. The molecule has 2 aromatic carbocycles. The van der Waals surface area contributed by atoms with Crippen molar-refractivity contribution in [2.45, 2.75) is 39.4 Å². The van der Waals surface area contributed by atoms with E-state index >= 15 is 0 Å². The number of rotatable bonds is 9. The molecule has 1 N–H and O–H groups in total. The number of aromatic nitrogens is 1. The number of hydrogen-bond donors (Lipinski definition) is 1. The zero-order chi connectivity index (χ0) is 22.9. The first-order valence-electron chi connectivity index (χ1n) is 10.7. The molecule has 0 aliphatic heterocycles. The smallest absolute Gasteiger partial charge is 0.243 e. The molecule has 0 saturated heterocycles. The van der Waals surface area contributed by atoms with E-state index in [2.05, 4.69) is 10.3 Å². The molecule has 1 atom stereocenters. The van der Waals surface area contributed by atoms with Gasteiger partial charge in [-0.2, -0.15) is 0 Å². The third kappa shape index (κ3) is 6.66. The lowest BCUT2D eigenvalue weighted by Crippen LogP contribution is -2.51. The van der Waals surface area contributed by atoms with Crippen molar-refractivity contribution in [1.82, 2.24) is 15.2 Å². The minimum atomic E-state index is -0.653. The number of carbonyl (C=O) groups excluding carboxylic acids is 2. The van der Waals surface area contributed by atoms with Crippen LogP contribution in [0, 0.1) is 5.92 Å². The number of carbonyl (C=O) groups is 2. The summed E-state index contributed by atoms with van der Waals surface area (Å²) in [5, 5.41) is 3.62. The molecule has 0 aliphatic carbocycles. The fraction of sp³-hybridized carbons (Fsp3) is 0.269. The van der Waals surface area contributed by atoms with Crippen molar-refractivity contribution in [1.29, 1.82) is 0 Å². The van der Waals surface area contributed by atoms with E-state index in [0.717, 1.165) is 16.7 Å². The van der Waals surface area contributed by atoms with Crippen molar-refractivity contribution in [2.24, 2.45) is 5.92 Å². The Kier molecular flexibility index (Phi) is 8.40. The highest BCUT2D eigenvalue weighted by Gasteiger charge is 2.31. The number of benzene rings is 2. The normalized spacial score (nSPS) is 11.8. The Balaban J connectivity index is 1.89. The predicted octanol–water partition coefficient (Wildman–Crippen LogP) is 4.65. The minimum absolute atomic E-state index is 0.0718. The average molecular weight is 450 g/mol. The third-order valence-corrected chi connectivity index (χ3v) is 5.44. The van der Waals surface area contributed by atoms with Gasteiger partial charge in [0.15, 0.2) is 0 Å². The van der Waals surface area contributed by atoms with E-state index in [-0.39, 0.29) is 17.7 Å². The number of halogens is 1. The molecule has 2 amide bonds. The molecule has 0 saturated carbocycles. The number of pyridine rings is 1. The largest absolute Gasteiger partial charge is 0.350 e. The maximum Gasteiger partial charge on any atom is 0.243 e. The van der Waals surface area contributed by atoms with E-state index in [4.69, 9.17) is 11.6 Å². The van der Waals surface area contributed by atoms with Gasteiger partial charge in [-0.3, -0.25) is 14.6 Å². The molecular weight excluding hydrogens is 422 g/mol. The Bertz CT molecular complexity index is 1010. The Morgan fingerprint density at radius 3 is 2.25 bits per heavy atom. The van der Waals surface area contributed by atoms with Gasteiger partial charge in [0.05, 0.1) is 0 Å². The van der Waals surface area contributed by atoms with Gasteiger partial charge in [-0.1, -0.05) is 74.0 Å². The van der Waals surface area contributed by atoms with Gasteiger partial charge in [-0.25, -0.2) is 0 Å². The molecule has 1 aromatic heterocycles. The molecule has 3 aromatic rings. The lowest BCUT2D eigenvalue weighted by atomic mass is 10.0. The van der Waals surface area contributed by atoms with Gasteiger partial charge in [0.25, 0.3) is 0 Å². The summed E-state index contributed by atoms with van der Waals surface area (Å²) in [6.07, 6.45) is 3.83. The van der Waals surface area contributed by atoms with Gasteiger partial charge in [0.1, 0.15) is 6.04 Å². The molecule has 0 radical (unpaired) electrons. The molecule has 0 unspecified atom stereocenters. The molecule has 0 aliphatic rings. The molecule has 5 nitrogen and oxygen atoms in total. The minimum Gasteiger partial charge on any atom is -0.350 e. The fourth-order valence-electron chi connectivity index (χ4n) is 3.45. The molecule has 6 heteroatoms. The molecule has 166 valence electrons. The van der Waals surface area contributed by atoms with Crippen LogP contribution in [0.5, 0.6) is 0 Å². The van der Waals surface area contributed by atoms with E-state index in [1.54, 1.807) is 29.4 Å². The lowest BCUT2D eigenvalue weighted by molar-refractivity contribution is -0.143. The van der Waals surface area contributed by atoms with E-state index in [0.29, 0.717) is 24.5 Å². The van der Waals surface area contributed by atoms with Crippen LogP contribution in [0.15, 0.2) is 79.1 Å². The van der Waals surface area contributed by atoms with Crippen molar-refractivity contribution < 1.29 is 9.59 Å². The van der Waals surface area contributed by atoms with Crippen molar-refractivity contribution in [3.8, 4) is 0 Å². The number of amides is 2. The first-order chi connectivity index (χ1) is 15.4. The van der Waals surface area contributed by atoms with Crippen LogP contribution >= 0.6 is 11.6 Å². The quantitative estimate of drug-likeness (QED) is 0.517. The van der Waals surface area contributed by atoms with Crippen LogP contribution in [0.3, 0.4) is 0 Å². The zero-order valence-electron chi connectivity index (χ0n) is 18.4. The second-order valence-corrected chi connectivity index (χ2v) is 8.47. The van der Waals surface area contributed by atoms with Crippen LogP contribution in [0.2, 0.25) is 5.02 Å². The van der Waals surface area contributed by atoms with Gasteiger partial charge in [-0.15, -0.1) is 0 Å². The molecule has 1 heterocycles. The first kappa shape index (κ1) is 23.5. The summed E-state index contributed by atoms with van der Waals surface area (Å²) in [6.45, 7) is 4.38. The summed E-state index contributed by atoms with van der Waals surface area (Å²) in [7, 11) is 0. The van der Waals surface area contributed by atoms with Gasteiger partial charge >= 0.3 is 0 Å². The number of nitrogens with one attached hydrogen (secondary N) is 1. The highest BCUT2D eigenvalue weighted by molar-refractivity contribution is 6.30. The maximum atomic E-state index is 13.4. The van der Waals surface area contributed by atoms with Crippen molar-refractivity contribution in [3.05, 3.63) is 101 Å². The van der Waals surface area contributed by atoms with Crippen molar-refractivity contribution >= 4 is 23.4 Å². The fourth-order valence-corrected chi connectivity index (χ4v) is 3.58. The Morgan fingerprint density at radius 2 is 1.62 bits per heavy atom. The summed E-state index contributed by atoms with van der Waals surface area (Å²) in [5.41, 5.74) is 2.81. The maximum absolute atomic E-state index is 13.4. The number of nitrogens with zero attached hydrogens (tertiary/aromatic N) is 2. The van der Waals surface area contributed by atoms with E-state index in [1.165, 1.54) is 0 Å². The second-order valence-electron chi connectivity index (χ2n) is 8.03. The summed E-state index contributed by atoms with van der Waals surface area (Å²) in [6, 6.07) is 20.2. The molecular formula is C26H28ClN3O2. The van der Waals surface area contributed by atoms with Crippen molar-refractivity contribution in [3.63, 3.8) is 0 Å². The molecule has 0 spiro atoms. The van der Waals surface area contributed by atoms with Crippen LogP contribution in [0.25, 0.3) is 0 Å². The van der Waals surface area contributed by atoms with Gasteiger partial charge in [0.2, 0.25) is 11.8 Å². The number of hydrogen-bond acceptors (Lipinski definition) is 3. The van der Waals surface area contributed by atoms with Crippen LogP contribution in [-0.2, 0) is 29.1 Å². The monoisotopic (exact) mass is 449 g/mol. The van der Waals surface area contributed by atoms with Crippen LogP contribution in [0.1, 0.15) is 30.5 Å². The molecule has 0 fully saturated rings. The van der Waals surface area contributed by atoms with Crippen LogP contribution in [0.4, 0.5) is 0 Å². The summed E-state index contributed by atoms with van der Waals surface area (Å²) >= 11 is 6.03. The van der Waals surface area contributed by atoms with E-state index in [9.17, 15) is 9.59 Å². The molecule has 0 bridgehead atoms. The van der Waals surface area contributed by atoms with Crippen LogP contribution < -0.4 is 5.32 Å². The third-order valence-electron chi connectivity index (χ3n) is 5.18. The zero-order valence-corrected chi connectivity index (χ0v) is 19.1. The Labute approximate surface area is 194 Å². The van der Waals surface area contributed by atoms with E-state index in [1.807, 2.05) is 68.4 Å². The second kappa shape index (κ2) is 11.4. The Morgan fingerprint density at radius 1 is 0.938 bits per heavy atom. The van der Waals surface area contributed by atoms with E-state index < -0.39 is 6.04 Å². The first-order valence-corrected chi connectivity index (χ1v) is 11.1. The van der Waals surface area contributed by atoms with Gasteiger partial charge < -0.3 is 10.2 Å². The lowest BCUT2D eigenvalue weighted by Gasteiger charge is -2.33. The SMILES string of the molecule is CC(C)C(=O)N(Cc1ccc(Cl)cc1)[C@H](Cc1ccccc1)C(=O)NCc1cccnc1. The van der Waals surface area contributed by atoms with Gasteiger partial charge in [0, 0.05) is 42.8 Å². The molecule has 32 heavy (non-hydrogen) atoms. The van der Waals surface area contributed by atoms with Crippen molar-refractivity contribution in [2.75, 3.05) is 0 Å². The summed E-state index contributed by atoms with van der Waals surface area (Å²) in [5.74, 6) is -0.509. The predicted molar refractivity (Wildman–Crippen MR) is 127 cm³/mol. The van der Waals surface area contributed by atoms with Gasteiger partial charge in [-0.05, 0) is 34.9 Å². The average Bonchev–Trinajstić information content (AvgIpc) is 2.81. The highest BCUT2D eigenvalue weighted by atomic mass is 35.5. The Hall–Kier alpha value is -3.18.